The van der Waals surface area contributed by atoms with Gasteiger partial charge in [0.1, 0.15) is 0 Å². The van der Waals surface area contributed by atoms with Crippen LogP contribution >= 0.6 is 0 Å². The summed E-state index contributed by atoms with van der Waals surface area (Å²) in [6, 6.07) is 15.3. The Morgan fingerprint density at radius 1 is 1.13 bits per heavy atom. The van der Waals surface area contributed by atoms with Crippen molar-refractivity contribution < 1.29 is 8.42 Å². The number of nitrogens with zero attached hydrogens (tertiary/aromatic N) is 3. The third-order valence-corrected chi connectivity index (χ3v) is 5.78. The molecule has 1 aliphatic rings. The van der Waals surface area contributed by atoms with Gasteiger partial charge in [0.15, 0.2) is 5.65 Å². The molecule has 0 atom stereocenters. The number of aromatic nitrogens is 4. The van der Waals surface area contributed by atoms with Gasteiger partial charge in [-0.3, -0.25) is 19.5 Å². The van der Waals surface area contributed by atoms with Gasteiger partial charge < -0.3 is 0 Å². The Morgan fingerprint density at radius 2 is 2.03 bits per heavy atom. The number of anilines is 1. The van der Waals surface area contributed by atoms with Gasteiger partial charge in [-0.25, -0.2) is 13.4 Å². The summed E-state index contributed by atoms with van der Waals surface area (Å²) in [5, 5.41) is 3.34. The van der Waals surface area contributed by atoms with Crippen molar-refractivity contribution >= 4 is 33.0 Å². The Labute approximate surface area is 174 Å². The molecule has 1 aromatic carbocycles. The predicted molar refractivity (Wildman–Crippen MR) is 119 cm³/mol. The van der Waals surface area contributed by atoms with E-state index in [1.165, 1.54) is 11.1 Å². The van der Waals surface area contributed by atoms with E-state index >= 15 is 0 Å². The largest absolute Gasteiger partial charge is 0.293 e. The molecule has 0 saturated heterocycles. The molecule has 30 heavy (non-hydrogen) atoms. The fourth-order valence-electron chi connectivity index (χ4n) is 3.81. The number of benzene rings is 1. The summed E-state index contributed by atoms with van der Waals surface area (Å²) < 4.78 is 27.6. The number of hydrogen-bond acceptors (Lipinski definition) is 4. The van der Waals surface area contributed by atoms with Gasteiger partial charge in [0.05, 0.1) is 24.0 Å². The molecule has 0 spiro atoms. The van der Waals surface area contributed by atoms with Crippen molar-refractivity contribution in [3.8, 4) is 11.3 Å². The molecule has 3 aromatic heterocycles. The van der Waals surface area contributed by atoms with Crippen molar-refractivity contribution in [2.45, 2.75) is 19.4 Å². The van der Waals surface area contributed by atoms with Gasteiger partial charge in [-0.15, -0.1) is 0 Å². The number of H-pyrrole nitrogens is 1. The highest BCUT2D eigenvalue weighted by atomic mass is 32.2. The summed E-state index contributed by atoms with van der Waals surface area (Å²) in [7, 11) is -3.33. The number of sulfonamides is 1. The molecule has 2 N–H and O–H groups in total. The first kappa shape index (κ1) is 18.6. The normalized spacial score (nSPS) is 13.8. The van der Waals surface area contributed by atoms with Crippen molar-refractivity contribution in [1.82, 2.24) is 19.7 Å². The minimum Gasteiger partial charge on any atom is -0.293 e. The second kappa shape index (κ2) is 7.14. The van der Waals surface area contributed by atoms with Crippen LogP contribution < -0.4 is 4.72 Å². The molecule has 0 amide bonds. The first-order valence-electron chi connectivity index (χ1n) is 9.71. The highest BCUT2D eigenvalue weighted by Crippen LogP contribution is 2.27. The maximum atomic E-state index is 11.5. The molecule has 0 radical (unpaired) electrons. The van der Waals surface area contributed by atoms with E-state index in [1.807, 2.05) is 41.2 Å². The van der Waals surface area contributed by atoms with E-state index in [-0.39, 0.29) is 0 Å². The molecular formula is C22H21N5O2S. The van der Waals surface area contributed by atoms with Crippen molar-refractivity contribution in [1.29, 1.82) is 0 Å². The maximum Gasteiger partial charge on any atom is 0.229 e. The van der Waals surface area contributed by atoms with Crippen LogP contribution in [0.1, 0.15) is 17.7 Å². The molecule has 0 aliphatic heterocycles. The maximum absolute atomic E-state index is 11.5. The lowest BCUT2D eigenvalue weighted by Crippen LogP contribution is -2.16. The zero-order valence-corrected chi connectivity index (χ0v) is 17.3. The fourth-order valence-corrected chi connectivity index (χ4v) is 4.36. The number of allylic oxidation sites excluding steroid dienone is 1. The lowest BCUT2D eigenvalue weighted by atomic mass is 9.96. The first-order valence-corrected chi connectivity index (χ1v) is 11.6. The van der Waals surface area contributed by atoms with Gasteiger partial charge in [0.2, 0.25) is 10.0 Å². The summed E-state index contributed by atoms with van der Waals surface area (Å²) in [6.45, 7) is 0.757. The highest BCUT2D eigenvalue weighted by Gasteiger charge is 2.15. The van der Waals surface area contributed by atoms with Crippen molar-refractivity contribution in [3.05, 3.63) is 71.6 Å². The lowest BCUT2D eigenvalue weighted by molar-refractivity contribution is 0.607. The highest BCUT2D eigenvalue weighted by molar-refractivity contribution is 7.92. The fraction of sp³-hybridized carbons (Fsp3) is 0.182. The minimum absolute atomic E-state index is 0.522. The molecule has 0 unspecified atom stereocenters. The molecule has 0 bridgehead atoms. The zero-order chi connectivity index (χ0) is 20.7. The minimum atomic E-state index is -3.33. The molecule has 0 fully saturated rings. The average molecular weight is 420 g/mol. The van der Waals surface area contributed by atoms with Crippen LogP contribution in [0.25, 0.3) is 28.5 Å². The number of pyridine rings is 2. The monoisotopic (exact) mass is 419 g/mol. The Balaban J connectivity index is 1.42. The second-order valence-corrected chi connectivity index (χ2v) is 9.31. The quantitative estimate of drug-likeness (QED) is 0.514. The van der Waals surface area contributed by atoms with E-state index in [9.17, 15) is 8.42 Å². The number of rotatable bonds is 5. The van der Waals surface area contributed by atoms with Gasteiger partial charge in [0.25, 0.3) is 0 Å². The molecule has 1 aliphatic carbocycles. The molecule has 4 aromatic rings. The van der Waals surface area contributed by atoms with E-state index in [2.05, 4.69) is 26.9 Å². The number of fused-ring (bicyclic) bond motifs is 2. The standard InChI is InChI=1S/C22H21N5O2S/c1-30(28,29)26-18-6-2-4-17(13-18)20-9-10-21-22(24-20)27(25-21)14-15-7-8-19-16(12-15)5-3-11-23-19/h2-6,9-13,25-26H,7-8,14H2,1H3. The molecule has 0 saturated carbocycles. The summed E-state index contributed by atoms with van der Waals surface area (Å²) in [6.07, 6.45) is 7.14. The number of hydrogen-bond donors (Lipinski definition) is 2. The molecule has 7 nitrogen and oxygen atoms in total. The zero-order valence-electron chi connectivity index (χ0n) is 16.5. The van der Waals surface area contributed by atoms with Crippen LogP contribution in [0, 0.1) is 0 Å². The van der Waals surface area contributed by atoms with Crippen LogP contribution in [-0.2, 0) is 23.0 Å². The Bertz CT molecular complexity index is 1380. The van der Waals surface area contributed by atoms with Gasteiger partial charge in [-0.05, 0) is 54.3 Å². The SMILES string of the molecule is CS(=O)(=O)Nc1cccc(-c2ccc3[nH]n(CC4=Cc5cccnc5CC4)c3n2)c1. The molecule has 8 heteroatoms. The van der Waals surface area contributed by atoms with E-state index in [0.29, 0.717) is 5.69 Å². The van der Waals surface area contributed by atoms with Crippen LogP contribution in [0.15, 0.2) is 60.3 Å². The van der Waals surface area contributed by atoms with Crippen LogP contribution in [0.2, 0.25) is 0 Å². The van der Waals surface area contributed by atoms with Gasteiger partial charge in [-0.1, -0.05) is 24.3 Å². The van der Waals surface area contributed by atoms with Crippen LogP contribution in [0.3, 0.4) is 0 Å². The summed E-state index contributed by atoms with van der Waals surface area (Å²) in [5.74, 6) is 0. The van der Waals surface area contributed by atoms with Gasteiger partial charge >= 0.3 is 0 Å². The second-order valence-electron chi connectivity index (χ2n) is 7.56. The molecular weight excluding hydrogens is 398 g/mol. The van der Waals surface area contributed by atoms with E-state index in [0.717, 1.165) is 53.8 Å². The predicted octanol–water partition coefficient (Wildman–Crippen LogP) is 3.83. The number of aryl methyl sites for hydroxylation is 1. The smallest absolute Gasteiger partial charge is 0.229 e. The Hall–Kier alpha value is -3.39. The topological polar surface area (TPSA) is 92.7 Å². The van der Waals surface area contributed by atoms with E-state index < -0.39 is 10.0 Å². The molecule has 152 valence electrons. The van der Waals surface area contributed by atoms with Crippen molar-refractivity contribution in [3.63, 3.8) is 0 Å². The Morgan fingerprint density at radius 3 is 2.90 bits per heavy atom. The number of aromatic amines is 1. The third-order valence-electron chi connectivity index (χ3n) is 5.18. The van der Waals surface area contributed by atoms with Crippen molar-refractivity contribution in [2.75, 3.05) is 11.0 Å². The molecule has 3 heterocycles. The van der Waals surface area contributed by atoms with Crippen LogP contribution in [0.5, 0.6) is 0 Å². The Kier molecular flexibility index (Phi) is 4.43. The van der Waals surface area contributed by atoms with Gasteiger partial charge in [-0.2, -0.15) is 0 Å². The first-order chi connectivity index (χ1) is 14.4. The van der Waals surface area contributed by atoms with Gasteiger partial charge in [0, 0.05) is 23.1 Å². The van der Waals surface area contributed by atoms with E-state index in [1.54, 1.807) is 12.1 Å². The molecule has 5 rings (SSSR count). The average Bonchev–Trinajstić information content (AvgIpc) is 2.71. The van der Waals surface area contributed by atoms with E-state index in [4.69, 9.17) is 4.98 Å². The lowest BCUT2D eigenvalue weighted by Gasteiger charge is -2.21. The van der Waals surface area contributed by atoms with Crippen LogP contribution in [-0.4, -0.2) is 34.4 Å². The van der Waals surface area contributed by atoms with Crippen LogP contribution in [0.4, 0.5) is 5.69 Å². The summed E-state index contributed by atoms with van der Waals surface area (Å²) in [4.78, 5) is 9.25. The van der Waals surface area contributed by atoms with Crippen molar-refractivity contribution in [2.24, 2.45) is 0 Å². The number of nitrogens with one attached hydrogen (secondary N) is 2. The third kappa shape index (κ3) is 3.73. The summed E-state index contributed by atoms with van der Waals surface area (Å²) >= 11 is 0. The summed E-state index contributed by atoms with van der Waals surface area (Å²) in [5.41, 5.74) is 7.74.